The first-order chi connectivity index (χ1) is 19.3. The van der Waals surface area contributed by atoms with Crippen LogP contribution in [0.5, 0.6) is 0 Å². The first kappa shape index (κ1) is 36.8. The summed E-state index contributed by atoms with van der Waals surface area (Å²) in [6, 6.07) is 2.84. The summed E-state index contributed by atoms with van der Waals surface area (Å²) in [6.07, 6.45) is 11.7. The van der Waals surface area contributed by atoms with Crippen LogP contribution in [0.4, 0.5) is 10.1 Å². The van der Waals surface area contributed by atoms with Gasteiger partial charge in [-0.05, 0) is 73.3 Å². The van der Waals surface area contributed by atoms with E-state index in [0.717, 1.165) is 18.5 Å². The number of aliphatic hydroxyl groups excluding tert-OH is 2. The molecule has 2 amide bonds. The largest absolute Gasteiger partial charge is 0.390 e. The average Bonchev–Trinajstić information content (AvgIpc) is 3.48. The molecule has 1 aliphatic carbocycles. The van der Waals surface area contributed by atoms with Crippen LogP contribution in [0.2, 0.25) is 5.02 Å². The van der Waals surface area contributed by atoms with Crippen molar-refractivity contribution in [3.8, 4) is 0 Å². The third-order valence-corrected chi connectivity index (χ3v) is 6.83. The molecule has 2 aliphatic rings. The SMILES string of the molecule is CC(C)(C)C.C\C=C/C=C(Cl)\C=C\[C@H]1CNC[C@H]1c1cc(F)c(Cl)cc1NC=O.O=CNCCC1CC(O)C(O)C1. The van der Waals surface area contributed by atoms with Crippen LogP contribution in [-0.2, 0) is 9.59 Å². The summed E-state index contributed by atoms with van der Waals surface area (Å²) in [5.74, 6) is -0.00149. The number of rotatable bonds is 10. The van der Waals surface area contributed by atoms with Crippen molar-refractivity contribution in [1.82, 2.24) is 10.6 Å². The fourth-order valence-electron chi connectivity index (χ4n) is 4.43. The number of hydrogen-bond acceptors (Lipinski definition) is 5. The molecule has 3 rings (SSSR count). The van der Waals surface area contributed by atoms with Gasteiger partial charge in [-0.15, -0.1) is 0 Å². The number of hydrogen-bond donors (Lipinski definition) is 5. The highest BCUT2D eigenvalue weighted by Crippen LogP contribution is 2.36. The molecule has 0 bridgehead atoms. The molecular formula is C31H46Cl2FN3O4. The van der Waals surface area contributed by atoms with E-state index >= 15 is 0 Å². The third kappa shape index (κ3) is 15.0. The second-order valence-corrected chi connectivity index (χ2v) is 12.7. The van der Waals surface area contributed by atoms with Crippen molar-refractivity contribution in [2.45, 2.75) is 72.0 Å². The lowest BCUT2D eigenvalue weighted by Crippen LogP contribution is -2.17. The van der Waals surface area contributed by atoms with E-state index in [1.807, 2.05) is 31.2 Å². The van der Waals surface area contributed by atoms with E-state index < -0.39 is 18.0 Å². The van der Waals surface area contributed by atoms with Gasteiger partial charge in [-0.25, -0.2) is 4.39 Å². The van der Waals surface area contributed by atoms with Crippen LogP contribution in [0.25, 0.3) is 0 Å². The molecule has 41 heavy (non-hydrogen) atoms. The molecule has 0 radical (unpaired) electrons. The molecule has 230 valence electrons. The smallest absolute Gasteiger partial charge is 0.211 e. The summed E-state index contributed by atoms with van der Waals surface area (Å²) in [5, 5.41) is 27.4. The molecule has 1 saturated carbocycles. The zero-order valence-electron chi connectivity index (χ0n) is 24.7. The highest BCUT2D eigenvalue weighted by molar-refractivity contribution is 6.31. The molecule has 1 aliphatic heterocycles. The summed E-state index contributed by atoms with van der Waals surface area (Å²) in [4.78, 5) is 20.7. The monoisotopic (exact) mass is 613 g/mol. The highest BCUT2D eigenvalue weighted by atomic mass is 35.5. The number of carbonyl (C=O) groups excluding carboxylic acids is 2. The lowest BCUT2D eigenvalue weighted by molar-refractivity contribution is -0.109. The van der Waals surface area contributed by atoms with Gasteiger partial charge in [-0.2, -0.15) is 0 Å². The van der Waals surface area contributed by atoms with E-state index in [0.29, 0.717) is 60.8 Å². The van der Waals surface area contributed by atoms with E-state index in [1.54, 1.807) is 6.08 Å². The molecule has 0 spiro atoms. The maximum atomic E-state index is 13.9. The van der Waals surface area contributed by atoms with E-state index in [4.69, 9.17) is 23.2 Å². The number of anilines is 1. The normalized spacial score (nSPS) is 24.4. The van der Waals surface area contributed by atoms with Gasteiger partial charge in [0.05, 0.1) is 17.2 Å². The van der Waals surface area contributed by atoms with Crippen molar-refractivity contribution in [3.63, 3.8) is 0 Å². The molecule has 1 aromatic carbocycles. The lowest BCUT2D eigenvalue weighted by atomic mass is 9.87. The molecule has 4 atom stereocenters. The van der Waals surface area contributed by atoms with E-state index in [2.05, 4.69) is 43.6 Å². The van der Waals surface area contributed by atoms with Crippen molar-refractivity contribution in [3.05, 3.63) is 63.9 Å². The minimum absolute atomic E-state index is 0.0153. The number of aliphatic hydroxyl groups is 2. The standard InChI is InChI=1S/C18H19Cl2FN2O.C8H15NO3.C5H12/c1-2-3-4-13(19)6-5-12-9-22-10-15(12)14-7-17(21)16(20)8-18(14)23-11-24;10-5-9-2-1-6-3-7(11)8(12)4-6;1-5(2,3)4/h2-8,11-12,15,22H,9-10H2,1H3,(H,23,24);5-8,11-12H,1-4H2,(H,9,10);1-4H3/b3-2-,6-5+,13-4+;;/t12-,15+;;/m0../s1. The molecule has 0 aromatic heterocycles. The van der Waals surface area contributed by atoms with Gasteiger partial charge in [0, 0.05) is 36.3 Å². The fraction of sp³-hybridized carbons (Fsp3) is 0.548. The zero-order valence-corrected chi connectivity index (χ0v) is 26.2. The number of allylic oxidation sites excluding steroid dienone is 5. The van der Waals surface area contributed by atoms with E-state index in [9.17, 15) is 24.2 Å². The molecule has 1 saturated heterocycles. The van der Waals surface area contributed by atoms with Crippen molar-refractivity contribution in [2.24, 2.45) is 17.3 Å². The Morgan fingerprint density at radius 1 is 1.12 bits per heavy atom. The predicted octanol–water partition coefficient (Wildman–Crippen LogP) is 5.91. The topological polar surface area (TPSA) is 111 Å². The van der Waals surface area contributed by atoms with Gasteiger partial charge in [0.25, 0.3) is 0 Å². The first-order valence-corrected chi connectivity index (χ1v) is 14.7. The second kappa shape index (κ2) is 19.1. The Kier molecular flexibility index (Phi) is 17.1. The lowest BCUT2D eigenvalue weighted by Gasteiger charge is -2.19. The minimum Gasteiger partial charge on any atom is -0.390 e. The quantitative estimate of drug-likeness (QED) is 0.128. The Morgan fingerprint density at radius 3 is 2.32 bits per heavy atom. The molecule has 2 unspecified atom stereocenters. The highest BCUT2D eigenvalue weighted by Gasteiger charge is 2.31. The number of amides is 2. The number of halogens is 3. The molecule has 5 N–H and O–H groups in total. The van der Waals surface area contributed by atoms with Crippen LogP contribution in [0.1, 0.15) is 65.4 Å². The van der Waals surface area contributed by atoms with Gasteiger partial charge in [0.15, 0.2) is 0 Å². The number of benzene rings is 1. The van der Waals surface area contributed by atoms with Gasteiger partial charge in [0.1, 0.15) is 5.82 Å². The van der Waals surface area contributed by atoms with E-state index in [1.165, 1.54) is 12.1 Å². The summed E-state index contributed by atoms with van der Waals surface area (Å²) < 4.78 is 13.9. The summed E-state index contributed by atoms with van der Waals surface area (Å²) >= 11 is 11.9. The van der Waals surface area contributed by atoms with Crippen molar-refractivity contribution in [1.29, 1.82) is 0 Å². The molecule has 1 heterocycles. The summed E-state index contributed by atoms with van der Waals surface area (Å²) in [5.41, 5.74) is 1.75. The van der Waals surface area contributed by atoms with Gasteiger partial charge in [0.2, 0.25) is 12.8 Å². The predicted molar refractivity (Wildman–Crippen MR) is 167 cm³/mol. The zero-order chi connectivity index (χ0) is 31.0. The second-order valence-electron chi connectivity index (χ2n) is 11.8. The maximum Gasteiger partial charge on any atom is 0.211 e. The molecule has 2 fully saturated rings. The molecule has 1 aromatic rings. The maximum absolute atomic E-state index is 13.9. The Balaban J connectivity index is 0.000000409. The molecular weight excluding hydrogens is 568 g/mol. The minimum atomic E-state index is -0.564. The van der Waals surface area contributed by atoms with Crippen LogP contribution >= 0.6 is 23.2 Å². The van der Waals surface area contributed by atoms with Crippen molar-refractivity contribution in [2.75, 3.05) is 25.0 Å². The number of nitrogens with one attached hydrogen (secondary N) is 3. The van der Waals surface area contributed by atoms with Crippen LogP contribution < -0.4 is 16.0 Å². The number of carbonyl (C=O) groups is 2. The van der Waals surface area contributed by atoms with Crippen molar-refractivity contribution < 1.29 is 24.2 Å². The van der Waals surface area contributed by atoms with Crippen LogP contribution in [0, 0.1) is 23.1 Å². The Bertz CT molecular complexity index is 1030. The summed E-state index contributed by atoms with van der Waals surface area (Å²) in [6.45, 7) is 12.7. The van der Waals surface area contributed by atoms with Gasteiger partial charge >= 0.3 is 0 Å². The molecule has 7 nitrogen and oxygen atoms in total. The molecule has 10 heteroatoms. The van der Waals surface area contributed by atoms with Crippen LogP contribution in [0.15, 0.2) is 47.5 Å². The van der Waals surface area contributed by atoms with Gasteiger partial charge in [-0.1, -0.05) is 69.1 Å². The Morgan fingerprint density at radius 2 is 1.76 bits per heavy atom. The van der Waals surface area contributed by atoms with Crippen LogP contribution in [0.3, 0.4) is 0 Å². The first-order valence-electron chi connectivity index (χ1n) is 13.9. The van der Waals surface area contributed by atoms with E-state index in [-0.39, 0.29) is 16.9 Å². The van der Waals surface area contributed by atoms with Crippen LogP contribution in [-0.4, -0.2) is 54.9 Å². The fourth-order valence-corrected chi connectivity index (χ4v) is 4.74. The summed E-state index contributed by atoms with van der Waals surface area (Å²) in [7, 11) is 0. The Hall–Kier alpha value is -2.23. The third-order valence-electron chi connectivity index (χ3n) is 6.29. The Labute approximate surface area is 254 Å². The van der Waals surface area contributed by atoms with Crippen molar-refractivity contribution >= 4 is 41.7 Å². The van der Waals surface area contributed by atoms with Gasteiger partial charge in [-0.3, -0.25) is 9.59 Å². The average molecular weight is 615 g/mol. The van der Waals surface area contributed by atoms with Gasteiger partial charge < -0.3 is 26.2 Å².